The second-order valence-electron chi connectivity index (χ2n) is 9.48. The van der Waals surface area contributed by atoms with Crippen LogP contribution in [0.2, 0.25) is 0 Å². The summed E-state index contributed by atoms with van der Waals surface area (Å²) in [5.41, 5.74) is 6.05. The first kappa shape index (κ1) is 23.5. The number of nitrogens with zero attached hydrogens (tertiary/aromatic N) is 4. The zero-order chi connectivity index (χ0) is 24.7. The summed E-state index contributed by atoms with van der Waals surface area (Å²) in [5, 5.41) is 8.73. The van der Waals surface area contributed by atoms with Crippen LogP contribution in [0.3, 0.4) is 0 Å². The lowest BCUT2D eigenvalue weighted by atomic mass is 9.96. The number of anilines is 1. The molecule has 1 saturated heterocycles. The van der Waals surface area contributed by atoms with Crippen LogP contribution >= 0.6 is 11.3 Å². The van der Waals surface area contributed by atoms with Gasteiger partial charge in [-0.1, -0.05) is 29.5 Å². The van der Waals surface area contributed by atoms with E-state index in [1.54, 1.807) is 28.2 Å². The third-order valence-electron chi connectivity index (χ3n) is 6.90. The monoisotopic (exact) mass is 491 g/mol. The maximum Gasteiger partial charge on any atom is 0.225 e. The van der Waals surface area contributed by atoms with Gasteiger partial charge in [0, 0.05) is 13.1 Å². The van der Waals surface area contributed by atoms with E-state index in [1.165, 1.54) is 23.3 Å². The molecular formula is C27H30FN5OS. The fourth-order valence-electron chi connectivity index (χ4n) is 4.63. The number of hydrogen-bond acceptors (Lipinski definition) is 5. The Bertz CT molecular complexity index is 1380. The molecule has 1 N–H and O–H groups in total. The van der Waals surface area contributed by atoms with Gasteiger partial charge in [0.15, 0.2) is 10.8 Å². The van der Waals surface area contributed by atoms with E-state index in [1.807, 2.05) is 13.8 Å². The highest BCUT2D eigenvalue weighted by atomic mass is 32.1. The summed E-state index contributed by atoms with van der Waals surface area (Å²) in [7, 11) is 0. The van der Waals surface area contributed by atoms with Crippen molar-refractivity contribution in [2.24, 2.45) is 5.92 Å². The molecule has 2 aromatic heterocycles. The Hall–Kier alpha value is -3.26. The number of hydrogen-bond donors (Lipinski definition) is 1. The first-order valence-corrected chi connectivity index (χ1v) is 12.9. The number of benzene rings is 2. The molecule has 6 nitrogen and oxygen atoms in total. The Morgan fingerprint density at radius 1 is 1.14 bits per heavy atom. The van der Waals surface area contributed by atoms with Crippen molar-refractivity contribution in [2.75, 3.05) is 18.0 Å². The fourth-order valence-corrected chi connectivity index (χ4v) is 5.66. The van der Waals surface area contributed by atoms with Crippen molar-refractivity contribution >= 4 is 32.7 Å². The summed E-state index contributed by atoms with van der Waals surface area (Å²) in [6, 6.07) is 12.6. The molecule has 182 valence electrons. The van der Waals surface area contributed by atoms with Gasteiger partial charge in [0.1, 0.15) is 5.82 Å². The van der Waals surface area contributed by atoms with Crippen molar-refractivity contribution in [1.29, 1.82) is 0 Å². The van der Waals surface area contributed by atoms with Crippen LogP contribution < -0.4 is 10.2 Å². The SMILES string of the molecule is Cc1ccc([C@@H](C)NC(=O)[C@H]2CCCN(c3nc4c(s3)c(C)nn4-c3ccc(F)cc3)C2)cc1C. The fraction of sp³-hybridized carbons (Fsp3) is 0.370. The third kappa shape index (κ3) is 4.67. The molecule has 0 bridgehead atoms. The van der Waals surface area contributed by atoms with Crippen molar-refractivity contribution < 1.29 is 9.18 Å². The summed E-state index contributed by atoms with van der Waals surface area (Å²) < 4.78 is 16.2. The molecule has 2 aromatic carbocycles. The highest BCUT2D eigenvalue weighted by Crippen LogP contribution is 2.34. The van der Waals surface area contributed by atoms with Crippen molar-refractivity contribution in [3.8, 4) is 5.69 Å². The highest BCUT2D eigenvalue weighted by molar-refractivity contribution is 7.22. The number of nitrogens with one attached hydrogen (secondary N) is 1. The van der Waals surface area contributed by atoms with Gasteiger partial charge in [0.2, 0.25) is 5.91 Å². The number of carbonyl (C=O) groups is 1. The maximum atomic E-state index is 13.4. The van der Waals surface area contributed by atoms with Gasteiger partial charge in [0.25, 0.3) is 0 Å². The van der Waals surface area contributed by atoms with E-state index >= 15 is 0 Å². The van der Waals surface area contributed by atoms with Crippen molar-refractivity contribution in [3.05, 3.63) is 70.7 Å². The molecule has 1 aliphatic rings. The first-order chi connectivity index (χ1) is 16.8. The zero-order valence-corrected chi connectivity index (χ0v) is 21.3. The van der Waals surface area contributed by atoms with E-state index in [0.29, 0.717) is 6.54 Å². The van der Waals surface area contributed by atoms with E-state index in [0.717, 1.165) is 51.8 Å². The quantitative estimate of drug-likeness (QED) is 0.392. The smallest absolute Gasteiger partial charge is 0.225 e. The van der Waals surface area contributed by atoms with Gasteiger partial charge < -0.3 is 10.2 Å². The number of amides is 1. The minimum atomic E-state index is -0.280. The van der Waals surface area contributed by atoms with Crippen LogP contribution in [0.5, 0.6) is 0 Å². The molecule has 0 unspecified atom stereocenters. The zero-order valence-electron chi connectivity index (χ0n) is 20.5. The number of fused-ring (bicyclic) bond motifs is 1. The number of piperidine rings is 1. The van der Waals surface area contributed by atoms with Gasteiger partial charge in [-0.3, -0.25) is 4.79 Å². The molecule has 35 heavy (non-hydrogen) atoms. The van der Waals surface area contributed by atoms with E-state index < -0.39 is 0 Å². The van der Waals surface area contributed by atoms with Crippen molar-refractivity contribution in [1.82, 2.24) is 20.1 Å². The van der Waals surface area contributed by atoms with Crippen LogP contribution in [-0.2, 0) is 4.79 Å². The number of rotatable bonds is 5. The summed E-state index contributed by atoms with van der Waals surface area (Å²) in [6.07, 6.45) is 1.81. The van der Waals surface area contributed by atoms with Crippen LogP contribution in [0.4, 0.5) is 9.52 Å². The number of thiazole rings is 1. The Morgan fingerprint density at radius 2 is 1.91 bits per heavy atom. The van der Waals surface area contributed by atoms with Gasteiger partial charge in [-0.2, -0.15) is 10.1 Å². The molecule has 8 heteroatoms. The molecule has 3 heterocycles. The molecule has 1 aliphatic heterocycles. The minimum Gasteiger partial charge on any atom is -0.349 e. The lowest BCUT2D eigenvalue weighted by Crippen LogP contribution is -2.43. The van der Waals surface area contributed by atoms with E-state index in [-0.39, 0.29) is 23.7 Å². The average molecular weight is 492 g/mol. The number of carbonyl (C=O) groups excluding carboxylic acids is 1. The van der Waals surface area contributed by atoms with Gasteiger partial charge >= 0.3 is 0 Å². The van der Waals surface area contributed by atoms with Crippen molar-refractivity contribution in [2.45, 2.75) is 46.6 Å². The van der Waals surface area contributed by atoms with Crippen LogP contribution in [0.1, 0.15) is 48.2 Å². The summed E-state index contributed by atoms with van der Waals surface area (Å²) in [5.74, 6) is -0.271. The van der Waals surface area contributed by atoms with E-state index in [2.05, 4.69) is 47.4 Å². The highest BCUT2D eigenvalue weighted by Gasteiger charge is 2.29. The van der Waals surface area contributed by atoms with Crippen LogP contribution in [0, 0.1) is 32.5 Å². The molecule has 1 fully saturated rings. The second-order valence-corrected chi connectivity index (χ2v) is 10.5. The molecule has 2 atom stereocenters. The standard InChI is InChI=1S/C27H30FN5OS/c1-16-7-8-20(14-17(16)2)18(3)29-26(34)21-6-5-13-32(15-21)27-30-25-24(35-27)19(4)31-33(25)23-11-9-22(28)10-12-23/h7-12,14,18,21H,5-6,13,15H2,1-4H3,(H,29,34)/t18-,21+/m1/s1. The minimum absolute atomic E-state index is 0.0380. The first-order valence-electron chi connectivity index (χ1n) is 12.0. The number of aromatic nitrogens is 3. The van der Waals surface area contributed by atoms with Crippen LogP contribution in [-0.4, -0.2) is 33.8 Å². The van der Waals surface area contributed by atoms with E-state index in [4.69, 9.17) is 4.98 Å². The normalized spacial score (nSPS) is 17.1. The van der Waals surface area contributed by atoms with Gasteiger partial charge in [0.05, 0.1) is 28.0 Å². The molecular weight excluding hydrogens is 461 g/mol. The lowest BCUT2D eigenvalue weighted by Gasteiger charge is -2.32. The van der Waals surface area contributed by atoms with Gasteiger partial charge in [-0.15, -0.1) is 0 Å². The Morgan fingerprint density at radius 3 is 2.66 bits per heavy atom. The Labute approximate surface area is 208 Å². The van der Waals surface area contributed by atoms with Gasteiger partial charge in [-0.25, -0.2) is 9.07 Å². The molecule has 0 aliphatic carbocycles. The topological polar surface area (TPSA) is 63.1 Å². The van der Waals surface area contributed by atoms with Gasteiger partial charge in [-0.05, 0) is 81.5 Å². The molecule has 0 spiro atoms. The number of aryl methyl sites for hydroxylation is 3. The Balaban J connectivity index is 1.32. The predicted molar refractivity (Wildman–Crippen MR) is 139 cm³/mol. The predicted octanol–water partition coefficient (Wildman–Crippen LogP) is 5.64. The molecule has 4 aromatic rings. The largest absolute Gasteiger partial charge is 0.349 e. The molecule has 5 rings (SSSR count). The molecule has 0 saturated carbocycles. The van der Waals surface area contributed by atoms with E-state index in [9.17, 15) is 9.18 Å². The number of halogens is 1. The third-order valence-corrected chi connectivity index (χ3v) is 8.12. The van der Waals surface area contributed by atoms with Crippen LogP contribution in [0.25, 0.3) is 16.0 Å². The summed E-state index contributed by atoms with van der Waals surface area (Å²) >= 11 is 1.60. The molecule has 1 amide bonds. The summed E-state index contributed by atoms with van der Waals surface area (Å²) in [4.78, 5) is 20.3. The van der Waals surface area contributed by atoms with Crippen LogP contribution in [0.15, 0.2) is 42.5 Å². The maximum absolute atomic E-state index is 13.4. The molecule has 0 radical (unpaired) electrons. The Kier molecular flexibility index (Phi) is 6.32. The second kappa shape index (κ2) is 9.41. The summed E-state index contributed by atoms with van der Waals surface area (Å²) in [6.45, 7) is 9.71. The lowest BCUT2D eigenvalue weighted by molar-refractivity contribution is -0.125. The van der Waals surface area contributed by atoms with Crippen molar-refractivity contribution in [3.63, 3.8) is 0 Å². The average Bonchev–Trinajstić information content (AvgIpc) is 3.42.